The van der Waals surface area contributed by atoms with E-state index in [9.17, 15) is 24.3 Å². The second-order valence-electron chi connectivity index (χ2n) is 22.9. The first-order valence-corrected chi connectivity index (χ1v) is 26.4. The van der Waals surface area contributed by atoms with Gasteiger partial charge in [0.1, 0.15) is 0 Å². The van der Waals surface area contributed by atoms with Crippen LogP contribution in [0, 0.1) is 59.2 Å². The fourth-order valence-electron chi connectivity index (χ4n) is 16.3. The Balaban J connectivity index is 0.000000161. The number of rotatable bonds is 9. The van der Waals surface area contributed by atoms with E-state index in [4.69, 9.17) is 14.9 Å². The summed E-state index contributed by atoms with van der Waals surface area (Å²) in [5, 5.41) is 26.4. The van der Waals surface area contributed by atoms with Crippen LogP contribution in [0.15, 0.2) is 0 Å². The van der Waals surface area contributed by atoms with Gasteiger partial charge in [-0.1, -0.05) is 38.5 Å². The number of esters is 1. The van der Waals surface area contributed by atoms with Crippen molar-refractivity contribution in [1.29, 1.82) is 0 Å². The number of carbonyl (C=O) groups is 4. The fourth-order valence-corrected chi connectivity index (χ4v) is 16.3. The summed E-state index contributed by atoms with van der Waals surface area (Å²) in [4.78, 5) is 51.5. The van der Waals surface area contributed by atoms with Gasteiger partial charge in [-0.3, -0.25) is 28.5 Å². The summed E-state index contributed by atoms with van der Waals surface area (Å²) in [6.07, 6.45) is 29.1. The number of carbonyl (C=O) groups excluding carboxylic acids is 3. The van der Waals surface area contributed by atoms with Crippen molar-refractivity contribution in [2.24, 2.45) is 59.2 Å². The van der Waals surface area contributed by atoms with Crippen molar-refractivity contribution < 1.29 is 53.4 Å². The second kappa shape index (κ2) is 20.1. The van der Waals surface area contributed by atoms with Crippen molar-refractivity contribution in [3.8, 4) is 0 Å². The number of carboxylic acids is 1. The van der Waals surface area contributed by atoms with E-state index in [0.29, 0.717) is 79.1 Å². The smallest absolute Gasteiger partial charge is 0.870 e. The molecule has 2 aromatic heterocycles. The summed E-state index contributed by atoms with van der Waals surface area (Å²) < 4.78 is 9.67. The molecule has 2 unspecified atom stereocenters. The summed E-state index contributed by atoms with van der Waals surface area (Å²) in [6, 6.07) is 1.36. The first-order valence-electron chi connectivity index (χ1n) is 26.4. The monoisotopic (exact) mass is 903 g/mol. The van der Waals surface area contributed by atoms with Gasteiger partial charge >= 0.3 is 30.8 Å². The van der Waals surface area contributed by atoms with E-state index in [1.54, 1.807) is 0 Å². The van der Waals surface area contributed by atoms with Crippen molar-refractivity contribution in [3.63, 3.8) is 0 Å². The molecule has 8 bridgehead atoms. The molecule has 2 atom stereocenters. The Morgan fingerprint density at radius 1 is 0.576 bits per heavy atom. The molecular formula is C52H75LiN6O7. The Kier molecular flexibility index (Phi) is 14.6. The molecule has 10 saturated carbocycles. The quantitative estimate of drug-likeness (QED) is 0.214. The number of carboxylic acid groups (broad SMARTS) is 1. The Bertz CT molecular complexity index is 2050. The number of aliphatic carboxylic acids is 1. The van der Waals surface area contributed by atoms with Crippen molar-refractivity contribution in [2.75, 3.05) is 6.61 Å². The van der Waals surface area contributed by atoms with Gasteiger partial charge in [-0.15, -0.1) is 0 Å². The van der Waals surface area contributed by atoms with E-state index in [1.807, 2.05) is 6.92 Å². The van der Waals surface area contributed by atoms with E-state index in [-0.39, 0.29) is 54.1 Å². The maximum atomic E-state index is 13.7. The van der Waals surface area contributed by atoms with Gasteiger partial charge in [0.2, 0.25) is 0 Å². The van der Waals surface area contributed by atoms with Gasteiger partial charge < -0.3 is 26.0 Å². The van der Waals surface area contributed by atoms with E-state index >= 15 is 0 Å². The Hall–Kier alpha value is -3.14. The topological polar surface area (TPSA) is 187 Å². The predicted octanol–water partition coefficient (Wildman–Crippen LogP) is 5.57. The zero-order valence-corrected chi connectivity index (χ0v) is 39.9. The van der Waals surface area contributed by atoms with Crippen LogP contribution < -0.4 is 29.5 Å². The Labute approximate surface area is 403 Å². The van der Waals surface area contributed by atoms with E-state index < -0.39 is 11.9 Å². The van der Waals surface area contributed by atoms with Gasteiger partial charge in [0.05, 0.1) is 30.5 Å². The molecule has 0 spiro atoms. The van der Waals surface area contributed by atoms with Crippen LogP contribution in [0.1, 0.15) is 204 Å². The number of aromatic nitrogens is 4. The van der Waals surface area contributed by atoms with E-state index in [2.05, 4.69) is 20.0 Å². The maximum Gasteiger partial charge on any atom is 1.00 e. The SMILES string of the molecule is CCOC(=O)C1CCc2c(c(C(=O)NC3C4CC5CC(C4)CC3C5)nn2C2CCCCC2)C1.O=C(NC1C2CC3CC(C2)CC1C3)c1nn(C2CCCCC2)c2c1CC(C(=O)O)CC2.[Li+].[OH-]. The summed E-state index contributed by atoms with van der Waals surface area (Å²) >= 11 is 0. The molecule has 12 aliphatic carbocycles. The summed E-state index contributed by atoms with van der Waals surface area (Å²) in [7, 11) is 0. The molecule has 13 nitrogen and oxygen atoms in total. The number of fused-ring (bicyclic) bond motifs is 2. The molecule has 2 amide bonds. The number of ether oxygens (including phenoxy) is 1. The van der Waals surface area contributed by atoms with E-state index in [0.717, 1.165) is 85.4 Å². The molecule has 2 aromatic rings. The van der Waals surface area contributed by atoms with Gasteiger partial charge in [-0.2, -0.15) is 10.2 Å². The van der Waals surface area contributed by atoms with Crippen LogP contribution in [0.4, 0.5) is 0 Å². The fraction of sp³-hybridized carbons (Fsp3) is 0.808. The number of hydrogen-bond acceptors (Lipinski definition) is 8. The summed E-state index contributed by atoms with van der Waals surface area (Å²) in [5.41, 5.74) is 5.41. The summed E-state index contributed by atoms with van der Waals surface area (Å²) in [6.45, 7) is 2.26. The second-order valence-corrected chi connectivity index (χ2v) is 22.9. The normalized spacial score (nSPS) is 35.0. The minimum Gasteiger partial charge on any atom is -0.870 e. The van der Waals surface area contributed by atoms with Crippen LogP contribution in [0.3, 0.4) is 0 Å². The average Bonchev–Trinajstić information content (AvgIpc) is 3.88. The standard InChI is InChI=1S/C27H39N3O3.C25H35N3O3.Li.H2O/c1-2-33-27(32)18-8-9-23-22(15-18)25(29-30(23)21-6-4-3-5-7-21)26(31)28-24-19-11-16-10-17(13-19)14-20(24)12-16;29-24(26-22-17-9-14-8-15(11-17)12-18(22)10-14)23-20-13-16(25(30)31)6-7-21(20)28(27-23)19-4-2-1-3-5-19;;/h16-21,24H,2-15H2,1H3,(H,28,31);14-19,22H,1-13H2,(H,26,29)(H,30,31);;1H2/q;;+1;/p-1. The van der Waals surface area contributed by atoms with Crippen LogP contribution in [0.25, 0.3) is 0 Å². The van der Waals surface area contributed by atoms with Crippen molar-refractivity contribution in [2.45, 2.75) is 198 Å². The Morgan fingerprint density at radius 2 is 0.955 bits per heavy atom. The number of amides is 2. The van der Waals surface area contributed by atoms with Crippen molar-refractivity contribution in [1.82, 2.24) is 30.2 Å². The van der Waals surface area contributed by atoms with Crippen molar-refractivity contribution in [3.05, 3.63) is 33.9 Å². The predicted molar refractivity (Wildman–Crippen MR) is 243 cm³/mol. The third-order valence-electron chi connectivity index (χ3n) is 18.9. The first-order chi connectivity index (χ1) is 31.2. The molecule has 4 N–H and O–H groups in total. The molecule has 66 heavy (non-hydrogen) atoms. The molecule has 356 valence electrons. The van der Waals surface area contributed by atoms with Crippen LogP contribution in [0.2, 0.25) is 0 Å². The molecule has 14 rings (SSSR count). The van der Waals surface area contributed by atoms with Crippen LogP contribution in [0.5, 0.6) is 0 Å². The average molecular weight is 903 g/mol. The van der Waals surface area contributed by atoms with Crippen LogP contribution in [-0.4, -0.2) is 72.6 Å². The Morgan fingerprint density at radius 3 is 1.33 bits per heavy atom. The molecule has 10 fully saturated rings. The van der Waals surface area contributed by atoms with Gasteiger partial charge in [0.25, 0.3) is 11.8 Å². The van der Waals surface area contributed by atoms with Gasteiger partial charge in [-0.25, -0.2) is 0 Å². The number of nitrogens with zero attached hydrogens (tertiary/aromatic N) is 4. The zero-order valence-electron chi connectivity index (χ0n) is 39.9. The minimum atomic E-state index is -0.747. The first kappa shape index (κ1) is 47.9. The summed E-state index contributed by atoms with van der Waals surface area (Å²) in [5.74, 6) is 4.62. The molecule has 0 saturated heterocycles. The third kappa shape index (κ3) is 9.21. The molecule has 0 aromatic carbocycles. The number of nitrogens with one attached hydrogen (secondary N) is 2. The third-order valence-corrected chi connectivity index (χ3v) is 18.9. The molecule has 0 aliphatic heterocycles. The van der Waals surface area contributed by atoms with E-state index in [1.165, 1.54) is 108 Å². The molecular weight excluding hydrogens is 828 g/mol. The molecule has 0 radical (unpaired) electrons. The molecule has 12 aliphatic rings. The molecule has 2 heterocycles. The zero-order chi connectivity index (χ0) is 43.6. The van der Waals surface area contributed by atoms with Gasteiger partial charge in [0.15, 0.2) is 11.4 Å². The van der Waals surface area contributed by atoms with Gasteiger partial charge in [0, 0.05) is 34.6 Å². The minimum absolute atomic E-state index is 0. The number of hydrogen-bond donors (Lipinski definition) is 3. The largest absolute Gasteiger partial charge is 1.00 e. The molecule has 14 heteroatoms. The van der Waals surface area contributed by atoms with Crippen LogP contribution in [-0.2, 0) is 40.0 Å². The van der Waals surface area contributed by atoms with Crippen LogP contribution >= 0.6 is 0 Å². The maximum absolute atomic E-state index is 13.7. The van der Waals surface area contributed by atoms with Crippen molar-refractivity contribution >= 4 is 23.8 Å². The van der Waals surface area contributed by atoms with Gasteiger partial charge in [-0.05, 0) is 183 Å².